The minimum absolute atomic E-state index is 0.0445. The first-order valence-electron chi connectivity index (χ1n) is 9.98. The minimum atomic E-state index is -4.07. The van der Waals surface area contributed by atoms with E-state index in [1.807, 2.05) is 44.2 Å². The van der Waals surface area contributed by atoms with Crippen molar-refractivity contribution in [3.63, 3.8) is 0 Å². The van der Waals surface area contributed by atoms with Crippen molar-refractivity contribution in [2.45, 2.75) is 25.3 Å². The van der Waals surface area contributed by atoms with Gasteiger partial charge in [0.05, 0.1) is 41.6 Å². The highest BCUT2D eigenvalue weighted by Crippen LogP contribution is 2.24. The van der Waals surface area contributed by atoms with E-state index in [-0.39, 0.29) is 22.6 Å². The fraction of sp³-hybridized carbons (Fsp3) is 0.261. The van der Waals surface area contributed by atoms with Gasteiger partial charge in [0.1, 0.15) is 0 Å². The average molecular weight is 472 g/mol. The molecule has 1 heterocycles. The lowest BCUT2D eigenvalue weighted by Gasteiger charge is -2.18. The number of rotatable bonds is 7. The van der Waals surface area contributed by atoms with Gasteiger partial charge in [0.15, 0.2) is 0 Å². The van der Waals surface area contributed by atoms with Gasteiger partial charge in [0.25, 0.3) is 0 Å². The highest BCUT2D eigenvalue weighted by molar-refractivity contribution is 7.89. The lowest BCUT2D eigenvalue weighted by molar-refractivity contribution is 0.0598. The number of aromatic nitrogens is 2. The standard InChI is InChI=1S/C23H25N3O6S/c1-15-21(16(2)26(24-15)19-9-7-6-8-10-19)14-25(3)33(29,30)20-12-17(22(27)31-4)11-18(13-20)23(28)32-5/h6-13H,14H2,1-5H3. The van der Waals surface area contributed by atoms with Gasteiger partial charge in [-0.05, 0) is 44.2 Å². The van der Waals surface area contributed by atoms with E-state index in [4.69, 9.17) is 9.47 Å². The van der Waals surface area contributed by atoms with Crippen LogP contribution in [0.1, 0.15) is 37.7 Å². The van der Waals surface area contributed by atoms with Crippen LogP contribution in [0.4, 0.5) is 0 Å². The molecule has 33 heavy (non-hydrogen) atoms. The van der Waals surface area contributed by atoms with E-state index >= 15 is 0 Å². The van der Waals surface area contributed by atoms with Gasteiger partial charge in [-0.15, -0.1) is 0 Å². The highest BCUT2D eigenvalue weighted by Gasteiger charge is 2.27. The van der Waals surface area contributed by atoms with Crippen LogP contribution in [-0.4, -0.2) is 55.7 Å². The summed E-state index contributed by atoms with van der Waals surface area (Å²) in [6, 6.07) is 13.1. The summed E-state index contributed by atoms with van der Waals surface area (Å²) in [5, 5.41) is 4.56. The van der Waals surface area contributed by atoms with Crippen molar-refractivity contribution >= 4 is 22.0 Å². The summed E-state index contributed by atoms with van der Waals surface area (Å²) in [5.74, 6) is -1.54. The van der Waals surface area contributed by atoms with E-state index in [2.05, 4.69) is 5.10 Å². The number of methoxy groups -OCH3 is 2. The average Bonchev–Trinajstić information content (AvgIpc) is 3.11. The van der Waals surface area contributed by atoms with Gasteiger partial charge in [-0.25, -0.2) is 22.7 Å². The molecule has 0 aliphatic rings. The summed E-state index contributed by atoms with van der Waals surface area (Å²) in [5.41, 5.74) is 2.97. The summed E-state index contributed by atoms with van der Waals surface area (Å²) in [4.78, 5) is 23.9. The number of carbonyl (C=O) groups is 2. The Morgan fingerprint density at radius 1 is 0.970 bits per heavy atom. The van der Waals surface area contributed by atoms with Crippen molar-refractivity contribution < 1.29 is 27.5 Å². The number of benzene rings is 2. The third-order valence-corrected chi connectivity index (χ3v) is 7.06. The van der Waals surface area contributed by atoms with Gasteiger partial charge in [-0.1, -0.05) is 18.2 Å². The smallest absolute Gasteiger partial charge is 0.337 e. The fourth-order valence-corrected chi connectivity index (χ4v) is 4.64. The Balaban J connectivity index is 2.00. The molecule has 1 aromatic heterocycles. The molecule has 0 atom stereocenters. The zero-order chi connectivity index (χ0) is 24.3. The Bertz CT molecular complexity index is 1260. The number of aryl methyl sites for hydroxylation is 1. The normalized spacial score (nSPS) is 11.5. The molecule has 0 fully saturated rings. The van der Waals surface area contributed by atoms with Crippen molar-refractivity contribution in [3.05, 3.63) is 76.6 Å². The van der Waals surface area contributed by atoms with Gasteiger partial charge >= 0.3 is 11.9 Å². The predicted octanol–water partition coefficient (Wildman–Crippen LogP) is 2.88. The molecule has 0 saturated heterocycles. The number of carbonyl (C=O) groups excluding carboxylic acids is 2. The Kier molecular flexibility index (Phi) is 6.99. The summed E-state index contributed by atoms with van der Waals surface area (Å²) < 4.78 is 39.0. The molecule has 9 nitrogen and oxygen atoms in total. The van der Waals surface area contributed by atoms with Gasteiger partial charge in [0.2, 0.25) is 10.0 Å². The van der Waals surface area contributed by atoms with Crippen LogP contribution in [0.2, 0.25) is 0 Å². The third-order valence-electron chi connectivity index (χ3n) is 5.28. The number of nitrogens with zero attached hydrogens (tertiary/aromatic N) is 3. The van der Waals surface area contributed by atoms with Crippen molar-refractivity contribution in [2.75, 3.05) is 21.3 Å². The van der Waals surface area contributed by atoms with Crippen LogP contribution in [0.25, 0.3) is 5.69 Å². The molecule has 0 N–H and O–H groups in total. The van der Waals surface area contributed by atoms with Crippen LogP contribution in [0.5, 0.6) is 0 Å². The predicted molar refractivity (Wildman–Crippen MR) is 121 cm³/mol. The van der Waals surface area contributed by atoms with E-state index in [9.17, 15) is 18.0 Å². The SMILES string of the molecule is COC(=O)c1cc(C(=O)OC)cc(S(=O)(=O)N(C)Cc2c(C)nn(-c3ccccc3)c2C)c1. The van der Waals surface area contributed by atoms with Gasteiger partial charge in [0, 0.05) is 24.8 Å². The van der Waals surface area contributed by atoms with E-state index < -0.39 is 22.0 Å². The first kappa shape index (κ1) is 24.1. The Morgan fingerprint density at radius 2 is 1.52 bits per heavy atom. The van der Waals surface area contributed by atoms with Crippen LogP contribution < -0.4 is 0 Å². The molecule has 0 radical (unpaired) electrons. The molecule has 10 heteroatoms. The van der Waals surface area contributed by atoms with Crippen LogP contribution in [0.15, 0.2) is 53.4 Å². The molecule has 174 valence electrons. The van der Waals surface area contributed by atoms with E-state index in [1.54, 1.807) is 4.68 Å². The Morgan fingerprint density at radius 3 is 2.03 bits per heavy atom. The molecular formula is C23H25N3O6S. The summed E-state index contributed by atoms with van der Waals surface area (Å²) in [6.45, 7) is 3.73. The molecule has 3 rings (SSSR count). The molecule has 0 saturated carbocycles. The molecule has 2 aromatic carbocycles. The molecule has 0 unspecified atom stereocenters. The summed E-state index contributed by atoms with van der Waals surface area (Å²) in [7, 11) is -0.306. The number of hydrogen-bond acceptors (Lipinski definition) is 7. The molecule has 0 amide bonds. The first-order valence-corrected chi connectivity index (χ1v) is 11.4. The monoisotopic (exact) mass is 471 g/mol. The molecule has 0 aliphatic carbocycles. The topological polar surface area (TPSA) is 108 Å². The summed E-state index contributed by atoms with van der Waals surface area (Å²) >= 11 is 0. The van der Waals surface area contributed by atoms with Gasteiger partial charge in [-0.2, -0.15) is 9.40 Å². The third kappa shape index (κ3) is 4.81. The zero-order valence-corrected chi connectivity index (χ0v) is 19.8. The van der Waals surface area contributed by atoms with Gasteiger partial charge < -0.3 is 9.47 Å². The maximum atomic E-state index is 13.4. The molecule has 0 bridgehead atoms. The van der Waals surface area contributed by atoms with E-state index in [0.717, 1.165) is 21.2 Å². The second-order valence-electron chi connectivity index (χ2n) is 7.39. The zero-order valence-electron chi connectivity index (χ0n) is 19.0. The van der Waals surface area contributed by atoms with Gasteiger partial charge in [-0.3, -0.25) is 0 Å². The maximum Gasteiger partial charge on any atom is 0.337 e. The lowest BCUT2D eigenvalue weighted by Crippen LogP contribution is -2.27. The Labute approximate surface area is 192 Å². The largest absolute Gasteiger partial charge is 0.465 e. The van der Waals surface area contributed by atoms with Crippen LogP contribution >= 0.6 is 0 Å². The molecule has 0 aliphatic heterocycles. The molecular weight excluding hydrogens is 446 g/mol. The molecule has 3 aromatic rings. The number of sulfonamides is 1. The maximum absolute atomic E-state index is 13.4. The number of hydrogen-bond donors (Lipinski definition) is 0. The summed E-state index contributed by atoms with van der Waals surface area (Å²) in [6.07, 6.45) is 0. The van der Waals surface area contributed by atoms with Crippen molar-refractivity contribution in [2.24, 2.45) is 0 Å². The van der Waals surface area contributed by atoms with Crippen molar-refractivity contribution in [1.82, 2.24) is 14.1 Å². The fourth-order valence-electron chi connectivity index (χ4n) is 3.43. The second-order valence-corrected chi connectivity index (χ2v) is 9.43. The number of ether oxygens (including phenoxy) is 2. The molecule has 0 spiro atoms. The van der Waals surface area contributed by atoms with Crippen molar-refractivity contribution in [1.29, 1.82) is 0 Å². The minimum Gasteiger partial charge on any atom is -0.465 e. The lowest BCUT2D eigenvalue weighted by atomic mass is 10.1. The Hall–Kier alpha value is -3.50. The quantitative estimate of drug-likeness (QED) is 0.488. The number of esters is 2. The van der Waals surface area contributed by atoms with E-state index in [0.29, 0.717) is 5.69 Å². The van der Waals surface area contributed by atoms with E-state index in [1.165, 1.54) is 39.5 Å². The van der Waals surface area contributed by atoms with Crippen LogP contribution in [0.3, 0.4) is 0 Å². The second kappa shape index (κ2) is 9.55. The highest BCUT2D eigenvalue weighted by atomic mass is 32.2. The van der Waals surface area contributed by atoms with Crippen LogP contribution in [0, 0.1) is 13.8 Å². The van der Waals surface area contributed by atoms with Crippen molar-refractivity contribution in [3.8, 4) is 5.69 Å². The number of para-hydroxylation sites is 1. The van der Waals surface area contributed by atoms with Crippen LogP contribution in [-0.2, 0) is 26.0 Å². The first-order chi connectivity index (χ1) is 15.6.